The Labute approximate surface area is 218 Å². The summed E-state index contributed by atoms with van der Waals surface area (Å²) >= 11 is 1.52. The first kappa shape index (κ1) is 33.2. The number of benzene rings is 2. The molecule has 2 aromatic rings. The third-order valence-corrected chi connectivity index (χ3v) is 5.22. The van der Waals surface area contributed by atoms with Crippen molar-refractivity contribution in [1.82, 2.24) is 0 Å². The van der Waals surface area contributed by atoms with Crippen LogP contribution in [0.1, 0.15) is 19.4 Å². The van der Waals surface area contributed by atoms with E-state index in [1.807, 2.05) is 44.4 Å². The molecule has 2 aromatic carbocycles. The van der Waals surface area contributed by atoms with Crippen molar-refractivity contribution < 1.29 is 38.0 Å². The van der Waals surface area contributed by atoms with Gasteiger partial charge in [0.1, 0.15) is 5.75 Å². The maximum absolute atomic E-state index is 12.6. The summed E-state index contributed by atoms with van der Waals surface area (Å²) in [5.74, 6) is -0.0567. The summed E-state index contributed by atoms with van der Waals surface area (Å²) in [7, 11) is 2.58. The lowest BCUT2D eigenvalue weighted by molar-refractivity contribution is -0.354. The number of rotatable bonds is 6. The van der Waals surface area contributed by atoms with E-state index in [0.717, 1.165) is 29.6 Å². The smallest absolute Gasteiger partial charge is 0.446 e. The Bertz CT molecular complexity index is 1140. The molecule has 202 valence electrons. The quantitative estimate of drug-likeness (QED) is 0.211. The first-order valence-corrected chi connectivity index (χ1v) is 11.5. The van der Waals surface area contributed by atoms with Crippen LogP contribution in [0, 0.1) is 6.92 Å². The van der Waals surface area contributed by atoms with Crippen molar-refractivity contribution in [2.45, 2.75) is 26.9 Å². The molecular weight excluding hydrogens is 509 g/mol. The van der Waals surface area contributed by atoms with Crippen molar-refractivity contribution >= 4 is 52.5 Å². The molecule has 0 aliphatic carbocycles. The number of nitrogens with two attached hydrogens (primary N) is 1. The molecule has 8 nitrogen and oxygen atoms in total. The van der Waals surface area contributed by atoms with Gasteiger partial charge >= 0.3 is 12.2 Å². The number of carbonyl (C=O) groups is 2. The zero-order valence-corrected chi connectivity index (χ0v) is 22.0. The number of aromatic hydroxyl groups is 1. The van der Waals surface area contributed by atoms with E-state index in [9.17, 15) is 23.1 Å². The Balaban J connectivity index is 0.00000142. The normalized spacial score (nSPS) is 11.3. The molecule has 0 radical (unpaired) electrons. The summed E-state index contributed by atoms with van der Waals surface area (Å²) in [4.78, 5) is 26.0. The van der Waals surface area contributed by atoms with Gasteiger partial charge in [-0.25, -0.2) is 9.79 Å². The van der Waals surface area contributed by atoms with Crippen LogP contribution in [0.3, 0.4) is 0 Å². The monoisotopic (exact) mass is 541 g/mol. The lowest BCUT2D eigenvalue weighted by Gasteiger charge is -2.19. The lowest BCUT2D eigenvalue weighted by Crippen LogP contribution is -2.66. The molecular formula is C25H32F3N4O4S+. The molecule has 0 aromatic heterocycles. The van der Waals surface area contributed by atoms with Crippen LogP contribution in [-0.2, 0) is 4.79 Å². The molecule has 0 spiro atoms. The van der Waals surface area contributed by atoms with Gasteiger partial charge in [0.15, 0.2) is 5.71 Å². The molecule has 0 aliphatic rings. The number of nitrogen functional groups attached to an aromatic ring is 1. The third-order valence-electron chi connectivity index (χ3n) is 4.54. The second-order valence-corrected chi connectivity index (χ2v) is 8.12. The van der Waals surface area contributed by atoms with Crippen molar-refractivity contribution in [2.24, 2.45) is 0 Å². The number of aryl methyl sites for hydroxylation is 1. The number of urea groups is 1. The number of aliphatic hydroxyl groups is 1. The first-order valence-electron chi connectivity index (χ1n) is 10.5. The fourth-order valence-corrected chi connectivity index (χ4v) is 2.99. The second kappa shape index (κ2) is 16.1. The molecule has 2 amide bonds. The Hall–Kier alpha value is -3.77. The third kappa shape index (κ3) is 12.2. The Morgan fingerprint density at radius 2 is 1.78 bits per heavy atom. The molecule has 0 saturated heterocycles. The van der Waals surface area contributed by atoms with E-state index in [2.05, 4.69) is 16.9 Å². The van der Waals surface area contributed by atoms with Crippen molar-refractivity contribution in [3.8, 4) is 5.75 Å². The number of nitrogens with one attached hydrogen (secondary N) is 2. The van der Waals surface area contributed by atoms with Gasteiger partial charge in [0.05, 0.1) is 5.69 Å². The number of aldehydes is 1. The van der Waals surface area contributed by atoms with Crippen LogP contribution in [0.25, 0.3) is 0 Å². The lowest BCUT2D eigenvalue weighted by atomic mass is 10.1. The average Bonchev–Trinajstić information content (AvgIpc) is 2.85. The van der Waals surface area contributed by atoms with Crippen molar-refractivity contribution in [1.29, 1.82) is 0 Å². The zero-order chi connectivity index (χ0) is 28.8. The van der Waals surface area contributed by atoms with E-state index < -0.39 is 12.5 Å². The highest BCUT2D eigenvalue weighted by Gasteiger charge is 2.25. The predicted octanol–water partition coefficient (Wildman–Crippen LogP) is 4.26. The minimum absolute atomic E-state index is 0.0567. The van der Waals surface area contributed by atoms with Crippen LogP contribution in [0.15, 0.2) is 59.4 Å². The topological polar surface area (TPSA) is 130 Å². The van der Waals surface area contributed by atoms with E-state index in [4.69, 9.17) is 15.6 Å². The number of halogens is 3. The van der Waals surface area contributed by atoms with Gasteiger partial charge in [-0.3, -0.25) is 9.69 Å². The molecule has 6 N–H and O–H groups in total. The average molecular weight is 542 g/mol. The minimum Gasteiger partial charge on any atom is -0.506 e. The first-order chi connectivity index (χ1) is 17.3. The number of nitrogens with zero attached hydrogens (tertiary/aromatic N) is 1. The molecule has 0 bridgehead atoms. The van der Waals surface area contributed by atoms with Gasteiger partial charge in [0.25, 0.3) is 0 Å². The molecule has 0 saturated carbocycles. The molecule has 12 heteroatoms. The van der Waals surface area contributed by atoms with Crippen LogP contribution >= 0.6 is 11.8 Å². The molecule has 0 heterocycles. The number of amides is 2. The van der Waals surface area contributed by atoms with E-state index in [1.54, 1.807) is 24.6 Å². The highest BCUT2D eigenvalue weighted by Crippen LogP contribution is 2.29. The Morgan fingerprint density at radius 1 is 1.19 bits per heavy atom. The van der Waals surface area contributed by atoms with Crippen molar-refractivity contribution in [3.63, 3.8) is 0 Å². The highest BCUT2D eigenvalue weighted by molar-refractivity contribution is 8.04. The fraction of sp³-hybridized carbons (Fsp3) is 0.240. The van der Waals surface area contributed by atoms with Gasteiger partial charge in [0.2, 0.25) is 12.0 Å². The number of carbonyl (C=O) groups excluding carboxylic acids is 2. The largest absolute Gasteiger partial charge is 0.506 e. The maximum Gasteiger partial charge on any atom is 0.446 e. The van der Waals surface area contributed by atoms with Gasteiger partial charge in [-0.05, 0) is 42.9 Å². The zero-order valence-electron chi connectivity index (χ0n) is 21.2. The number of hydrogen-bond acceptors (Lipinski definition) is 6. The van der Waals surface area contributed by atoms with Crippen LogP contribution in [-0.4, -0.2) is 48.6 Å². The molecule has 37 heavy (non-hydrogen) atoms. The second-order valence-electron chi connectivity index (χ2n) is 7.28. The molecule has 2 rings (SSSR count). The van der Waals surface area contributed by atoms with Gasteiger partial charge in [0, 0.05) is 55.7 Å². The van der Waals surface area contributed by atoms with E-state index in [-0.39, 0.29) is 11.8 Å². The maximum atomic E-state index is 12.6. The predicted molar refractivity (Wildman–Crippen MR) is 144 cm³/mol. The van der Waals surface area contributed by atoms with E-state index in [0.29, 0.717) is 17.1 Å². The van der Waals surface area contributed by atoms with Gasteiger partial charge in [-0.1, -0.05) is 12.6 Å². The van der Waals surface area contributed by atoms with E-state index >= 15 is 0 Å². The summed E-state index contributed by atoms with van der Waals surface area (Å²) in [6.07, 6.45) is -5.70. The van der Waals surface area contributed by atoms with Crippen LogP contribution < -0.4 is 20.9 Å². The van der Waals surface area contributed by atoms with Crippen LogP contribution in [0.2, 0.25) is 0 Å². The molecule has 0 atom stereocenters. The Morgan fingerprint density at radius 3 is 2.30 bits per heavy atom. The molecule has 0 unspecified atom stereocenters. The number of thioether (sulfide) groups is 1. The van der Waals surface area contributed by atoms with Gasteiger partial charge in [-0.2, -0.15) is 13.2 Å². The SMILES string of the molecule is C=CS/C=C(\C)C(C)=[NH+]c1cc(NC(=O)N(C)c2ccc(N)cc2O)ccc1C.CO.O=CC(F)(F)F. The fourth-order valence-electron chi connectivity index (χ4n) is 2.51. The highest BCUT2D eigenvalue weighted by atomic mass is 32.2. The number of phenolic OH excluding ortho intramolecular Hbond substituents is 1. The van der Waals surface area contributed by atoms with E-state index in [1.165, 1.54) is 22.7 Å². The number of allylic oxidation sites excluding steroid dienone is 1. The van der Waals surface area contributed by atoms with Crippen molar-refractivity contribution in [3.05, 3.63) is 64.9 Å². The summed E-state index contributed by atoms with van der Waals surface area (Å²) < 4.78 is 31.2. The summed E-state index contributed by atoms with van der Waals surface area (Å²) in [6.45, 7) is 9.71. The minimum atomic E-state index is -4.64. The van der Waals surface area contributed by atoms with Crippen LogP contribution in [0.4, 0.5) is 40.7 Å². The Kier molecular flexibility index (Phi) is 14.4. The van der Waals surface area contributed by atoms with Gasteiger partial charge in [-0.15, -0.1) is 11.8 Å². The van der Waals surface area contributed by atoms with Crippen molar-refractivity contribution in [2.75, 3.05) is 30.1 Å². The number of hydrogen-bond donors (Lipinski definition) is 5. The number of anilines is 3. The van der Waals surface area contributed by atoms with Gasteiger partial charge < -0.3 is 21.3 Å². The molecule has 0 fully saturated rings. The number of phenols is 1. The summed E-state index contributed by atoms with van der Waals surface area (Å²) in [5, 5.41) is 23.7. The standard InChI is InChI=1S/C22H26N4O2S.C2HF3O.CH4O/c1-6-29-13-15(3)16(4)24-19-12-18(9-7-14(19)2)25-22(28)26(5)20-10-8-17(23)11-21(20)27;3-2(4,5)1-6;1-2/h6-13,27H,1,23H2,2-5H3,(H,25,28);1H;2H,1H3/p+1/b15-13+,24-16?;;. The molecule has 0 aliphatic heterocycles. The summed E-state index contributed by atoms with van der Waals surface area (Å²) in [6, 6.07) is 9.91. The summed E-state index contributed by atoms with van der Waals surface area (Å²) in [5.41, 5.74) is 11.1. The van der Waals surface area contributed by atoms with Crippen LogP contribution in [0.5, 0.6) is 5.75 Å². The number of alkyl halides is 3. The number of aliphatic hydroxyl groups excluding tert-OH is 1.